The lowest BCUT2D eigenvalue weighted by Gasteiger charge is -2.11. The molecule has 0 N–H and O–H groups in total. The molecule has 0 aliphatic carbocycles. The van der Waals surface area contributed by atoms with Crippen LogP contribution < -0.4 is 9.47 Å². The van der Waals surface area contributed by atoms with E-state index in [0.29, 0.717) is 17.9 Å². The Morgan fingerprint density at radius 1 is 0.852 bits per heavy atom. The van der Waals surface area contributed by atoms with Crippen molar-refractivity contribution in [3.05, 3.63) is 95.6 Å². The Hall–Kier alpha value is -3.58. The summed E-state index contributed by atoms with van der Waals surface area (Å²) in [5.41, 5.74) is 3.06. The van der Waals surface area contributed by atoms with Gasteiger partial charge in [-0.2, -0.15) is 5.26 Å². The van der Waals surface area contributed by atoms with Gasteiger partial charge in [0.15, 0.2) is 6.61 Å². The van der Waals surface area contributed by atoms with Crippen LogP contribution in [0.15, 0.2) is 78.9 Å². The number of ether oxygens (including phenoxy) is 2. The minimum Gasteiger partial charge on any atom is -0.482 e. The molecule has 0 saturated heterocycles. The molecule has 4 nitrogen and oxygen atoms in total. The molecular weight excluding hydrogens is 338 g/mol. The van der Waals surface area contributed by atoms with E-state index < -0.39 is 5.97 Å². The summed E-state index contributed by atoms with van der Waals surface area (Å²) in [6, 6.07) is 26.7. The fraction of sp³-hybridized carbons (Fsp3) is 0.130. The standard InChI is InChI=1S/C23H19NO3/c24-15-14-18-10-12-21(13-11-18)27-23(25)17-26-22-9-5-4-8-20(22)16-19-6-2-1-3-7-19/h1-13H,14,16-17H2. The number of esters is 1. The molecule has 0 bridgehead atoms. The number of hydrogen-bond acceptors (Lipinski definition) is 4. The van der Waals surface area contributed by atoms with E-state index in [1.165, 1.54) is 5.56 Å². The minimum absolute atomic E-state index is 0.175. The molecule has 0 amide bonds. The normalized spacial score (nSPS) is 10.0. The maximum absolute atomic E-state index is 12.1. The lowest BCUT2D eigenvalue weighted by molar-refractivity contribution is -0.136. The molecule has 0 aliphatic rings. The second-order valence-corrected chi connectivity index (χ2v) is 6.01. The molecule has 0 aliphatic heterocycles. The summed E-state index contributed by atoms with van der Waals surface area (Å²) in [5.74, 6) is 0.628. The summed E-state index contributed by atoms with van der Waals surface area (Å²) in [7, 11) is 0. The highest BCUT2D eigenvalue weighted by molar-refractivity contribution is 5.74. The molecule has 4 heteroatoms. The highest BCUT2D eigenvalue weighted by Gasteiger charge is 2.09. The second-order valence-electron chi connectivity index (χ2n) is 6.01. The molecule has 27 heavy (non-hydrogen) atoms. The molecule has 0 heterocycles. The average molecular weight is 357 g/mol. The van der Waals surface area contributed by atoms with Crippen molar-refractivity contribution in [1.82, 2.24) is 0 Å². The van der Waals surface area contributed by atoms with Gasteiger partial charge in [-0.05, 0) is 34.9 Å². The zero-order chi connectivity index (χ0) is 18.9. The predicted molar refractivity (Wildman–Crippen MR) is 103 cm³/mol. The van der Waals surface area contributed by atoms with Crippen molar-refractivity contribution in [3.63, 3.8) is 0 Å². The molecule has 0 radical (unpaired) electrons. The van der Waals surface area contributed by atoms with Crippen molar-refractivity contribution in [2.75, 3.05) is 6.61 Å². The van der Waals surface area contributed by atoms with Gasteiger partial charge in [0.1, 0.15) is 11.5 Å². The lowest BCUT2D eigenvalue weighted by Crippen LogP contribution is -2.18. The van der Waals surface area contributed by atoms with Crippen molar-refractivity contribution in [2.45, 2.75) is 12.8 Å². The third kappa shape index (κ3) is 5.45. The van der Waals surface area contributed by atoms with E-state index in [-0.39, 0.29) is 6.61 Å². The summed E-state index contributed by atoms with van der Waals surface area (Å²) in [5, 5.41) is 8.68. The van der Waals surface area contributed by atoms with Crippen molar-refractivity contribution in [3.8, 4) is 17.6 Å². The van der Waals surface area contributed by atoms with Crippen molar-refractivity contribution >= 4 is 5.97 Å². The Kier molecular flexibility index (Phi) is 6.21. The SMILES string of the molecule is N#CCc1ccc(OC(=O)COc2ccccc2Cc2ccccc2)cc1. The maximum Gasteiger partial charge on any atom is 0.349 e. The molecule has 0 atom stereocenters. The first-order chi connectivity index (χ1) is 13.2. The lowest BCUT2D eigenvalue weighted by atomic mass is 10.0. The Morgan fingerprint density at radius 3 is 2.30 bits per heavy atom. The van der Waals surface area contributed by atoms with Gasteiger partial charge in [0.05, 0.1) is 12.5 Å². The summed E-state index contributed by atoms with van der Waals surface area (Å²) in [6.07, 6.45) is 1.06. The van der Waals surface area contributed by atoms with Crippen LogP contribution in [0.1, 0.15) is 16.7 Å². The summed E-state index contributed by atoms with van der Waals surface area (Å²) in [6.45, 7) is -0.175. The number of nitriles is 1. The molecule has 0 aromatic heterocycles. The number of rotatable bonds is 7. The number of para-hydroxylation sites is 1. The molecule has 3 aromatic carbocycles. The number of hydrogen-bond donors (Lipinski definition) is 0. The summed E-state index contributed by atoms with van der Waals surface area (Å²) < 4.78 is 11.0. The Balaban J connectivity index is 1.58. The van der Waals surface area contributed by atoms with Crippen LogP contribution in [0.5, 0.6) is 11.5 Å². The van der Waals surface area contributed by atoms with Crippen molar-refractivity contribution < 1.29 is 14.3 Å². The third-order valence-electron chi connectivity index (χ3n) is 3.99. The van der Waals surface area contributed by atoms with Crippen molar-refractivity contribution in [1.29, 1.82) is 5.26 Å². The van der Waals surface area contributed by atoms with Gasteiger partial charge in [0.25, 0.3) is 0 Å². The smallest absolute Gasteiger partial charge is 0.349 e. The summed E-state index contributed by atoms with van der Waals surface area (Å²) in [4.78, 5) is 12.1. The third-order valence-corrected chi connectivity index (χ3v) is 3.99. The Morgan fingerprint density at radius 2 is 1.56 bits per heavy atom. The molecular formula is C23H19NO3. The first-order valence-corrected chi connectivity index (χ1v) is 8.66. The van der Waals surface area contributed by atoms with Gasteiger partial charge in [-0.15, -0.1) is 0 Å². The van der Waals surface area contributed by atoms with E-state index in [0.717, 1.165) is 17.5 Å². The quantitative estimate of drug-likeness (QED) is 0.466. The van der Waals surface area contributed by atoms with Gasteiger partial charge in [0.2, 0.25) is 0 Å². The van der Waals surface area contributed by atoms with Crippen LogP contribution in [0.3, 0.4) is 0 Å². The molecule has 3 rings (SSSR count). The van der Waals surface area contributed by atoms with Gasteiger partial charge in [-0.3, -0.25) is 0 Å². The molecule has 0 unspecified atom stereocenters. The highest BCUT2D eigenvalue weighted by Crippen LogP contribution is 2.21. The summed E-state index contributed by atoms with van der Waals surface area (Å²) >= 11 is 0. The zero-order valence-electron chi connectivity index (χ0n) is 14.8. The van der Waals surface area contributed by atoms with E-state index >= 15 is 0 Å². The van der Waals surface area contributed by atoms with Gasteiger partial charge in [-0.1, -0.05) is 60.7 Å². The number of carbonyl (C=O) groups is 1. The van der Waals surface area contributed by atoms with Crippen LogP contribution in [0.25, 0.3) is 0 Å². The van der Waals surface area contributed by atoms with E-state index in [1.807, 2.05) is 42.5 Å². The van der Waals surface area contributed by atoms with Crippen LogP contribution in [0, 0.1) is 11.3 Å². The number of carbonyl (C=O) groups excluding carboxylic acids is 1. The van der Waals surface area contributed by atoms with Crippen molar-refractivity contribution in [2.24, 2.45) is 0 Å². The van der Waals surface area contributed by atoms with E-state index in [1.54, 1.807) is 24.3 Å². The van der Waals surface area contributed by atoms with Crippen LogP contribution >= 0.6 is 0 Å². The van der Waals surface area contributed by atoms with Crippen LogP contribution in [-0.2, 0) is 17.6 Å². The van der Waals surface area contributed by atoms with Gasteiger partial charge in [0, 0.05) is 6.42 Å². The predicted octanol–water partition coefficient (Wildman–Crippen LogP) is 4.33. The molecule has 3 aromatic rings. The van der Waals surface area contributed by atoms with Crippen LogP contribution in [0.4, 0.5) is 0 Å². The maximum atomic E-state index is 12.1. The van der Waals surface area contributed by atoms with Crippen LogP contribution in [-0.4, -0.2) is 12.6 Å². The van der Waals surface area contributed by atoms with E-state index in [9.17, 15) is 4.79 Å². The van der Waals surface area contributed by atoms with Gasteiger partial charge < -0.3 is 9.47 Å². The largest absolute Gasteiger partial charge is 0.482 e. The monoisotopic (exact) mass is 357 g/mol. The fourth-order valence-electron chi connectivity index (χ4n) is 2.67. The molecule has 0 saturated carbocycles. The Labute approximate surface area is 158 Å². The fourth-order valence-corrected chi connectivity index (χ4v) is 2.67. The second kappa shape index (κ2) is 9.21. The zero-order valence-corrected chi connectivity index (χ0v) is 14.8. The number of benzene rings is 3. The van der Waals surface area contributed by atoms with Gasteiger partial charge >= 0.3 is 5.97 Å². The average Bonchev–Trinajstić information content (AvgIpc) is 2.70. The van der Waals surface area contributed by atoms with Crippen LogP contribution in [0.2, 0.25) is 0 Å². The molecule has 0 fully saturated rings. The van der Waals surface area contributed by atoms with E-state index in [4.69, 9.17) is 14.7 Å². The minimum atomic E-state index is -0.474. The Bertz CT molecular complexity index is 928. The van der Waals surface area contributed by atoms with E-state index in [2.05, 4.69) is 18.2 Å². The number of nitrogens with zero attached hydrogens (tertiary/aromatic N) is 1. The highest BCUT2D eigenvalue weighted by atomic mass is 16.6. The molecule has 134 valence electrons. The topological polar surface area (TPSA) is 59.3 Å². The van der Waals surface area contributed by atoms with Gasteiger partial charge in [-0.25, -0.2) is 4.79 Å². The first kappa shape index (κ1) is 18.2. The molecule has 0 spiro atoms. The first-order valence-electron chi connectivity index (χ1n) is 8.66.